The van der Waals surface area contributed by atoms with Crippen molar-refractivity contribution in [1.29, 1.82) is 0 Å². The Morgan fingerprint density at radius 1 is 0.500 bits per heavy atom. The summed E-state index contributed by atoms with van der Waals surface area (Å²) in [7, 11) is 0. The Morgan fingerprint density at radius 3 is 1.20 bits per heavy atom. The van der Waals surface area contributed by atoms with Crippen LogP contribution in [0.4, 0.5) is 0 Å². The number of rotatable bonds is 11. The Kier molecular flexibility index (Phi) is 12.5. The molecular formula is C44H54N4O2. The number of benzene rings is 4. The quantitative estimate of drug-likeness (QED) is 0.150. The van der Waals surface area contributed by atoms with Crippen LogP contribution in [0, 0.1) is 0 Å². The molecule has 6 rings (SSSR count). The van der Waals surface area contributed by atoms with Crippen LogP contribution in [0.3, 0.4) is 0 Å². The topological polar surface area (TPSA) is 47.1 Å². The second-order valence-electron chi connectivity index (χ2n) is 14.1. The summed E-state index contributed by atoms with van der Waals surface area (Å²) >= 11 is 0. The predicted octanol–water partition coefficient (Wildman–Crippen LogP) is 8.62. The van der Waals surface area contributed by atoms with Gasteiger partial charge in [0.1, 0.15) is 0 Å². The molecule has 2 aliphatic rings. The molecule has 4 aromatic rings. The molecule has 0 aliphatic carbocycles. The molecule has 4 aromatic carbocycles. The fourth-order valence-electron chi connectivity index (χ4n) is 8.09. The lowest BCUT2D eigenvalue weighted by Crippen LogP contribution is -2.44. The summed E-state index contributed by atoms with van der Waals surface area (Å²) in [5.74, 6) is 0.453. The van der Waals surface area contributed by atoms with Crippen LogP contribution < -0.4 is 0 Å². The van der Waals surface area contributed by atoms with Gasteiger partial charge >= 0.3 is 0 Å². The van der Waals surface area contributed by atoms with E-state index in [1.165, 1.54) is 22.3 Å². The lowest BCUT2D eigenvalue weighted by atomic mass is 9.95. The van der Waals surface area contributed by atoms with Crippen molar-refractivity contribution in [3.8, 4) is 0 Å². The monoisotopic (exact) mass is 670 g/mol. The van der Waals surface area contributed by atoms with Gasteiger partial charge in [-0.2, -0.15) is 0 Å². The zero-order valence-corrected chi connectivity index (χ0v) is 29.9. The summed E-state index contributed by atoms with van der Waals surface area (Å²) in [4.78, 5) is 37.0. The SMILES string of the molecule is C[C@H](c1ccccc1)N1CCCN(CCCCN2CCCN([C@H](C)c3ccccc3)[C@H](c3ccccc3)CC2=O)C(=O)C[C@H]1c1ccccc1. The molecule has 0 spiro atoms. The first-order valence-electron chi connectivity index (χ1n) is 18.8. The molecule has 0 saturated carbocycles. The molecule has 0 radical (unpaired) electrons. The molecule has 50 heavy (non-hydrogen) atoms. The van der Waals surface area contributed by atoms with E-state index in [-0.39, 0.29) is 36.0 Å². The van der Waals surface area contributed by atoms with Gasteiger partial charge in [-0.15, -0.1) is 0 Å². The Labute approximate surface area is 299 Å². The number of carbonyl (C=O) groups excluding carboxylic acids is 2. The molecule has 2 fully saturated rings. The summed E-state index contributed by atoms with van der Waals surface area (Å²) in [5.41, 5.74) is 4.97. The highest BCUT2D eigenvalue weighted by Crippen LogP contribution is 2.36. The van der Waals surface area contributed by atoms with Gasteiger partial charge in [0, 0.05) is 76.3 Å². The van der Waals surface area contributed by atoms with Gasteiger partial charge < -0.3 is 9.80 Å². The van der Waals surface area contributed by atoms with Gasteiger partial charge in [0.2, 0.25) is 11.8 Å². The molecule has 262 valence electrons. The third-order valence-electron chi connectivity index (χ3n) is 11.0. The molecule has 0 bridgehead atoms. The number of unbranched alkanes of at least 4 members (excludes halogenated alkanes) is 1. The molecule has 4 atom stereocenters. The van der Waals surface area contributed by atoms with Crippen molar-refractivity contribution in [1.82, 2.24) is 19.6 Å². The van der Waals surface area contributed by atoms with Gasteiger partial charge in [-0.3, -0.25) is 19.4 Å². The minimum atomic E-state index is 0.0297. The van der Waals surface area contributed by atoms with Gasteiger partial charge in [-0.25, -0.2) is 0 Å². The van der Waals surface area contributed by atoms with Gasteiger partial charge in [0.15, 0.2) is 0 Å². The lowest BCUT2D eigenvalue weighted by molar-refractivity contribution is -0.135. The molecule has 2 heterocycles. The number of nitrogens with zero attached hydrogens (tertiary/aromatic N) is 4. The smallest absolute Gasteiger partial charge is 0.224 e. The van der Waals surface area contributed by atoms with Crippen LogP contribution in [0.1, 0.15) is 98.8 Å². The Morgan fingerprint density at radius 2 is 0.840 bits per heavy atom. The zero-order valence-electron chi connectivity index (χ0n) is 29.9. The first kappa shape index (κ1) is 35.6. The maximum absolute atomic E-state index is 13.9. The summed E-state index contributed by atoms with van der Waals surface area (Å²) in [6.45, 7) is 9.44. The normalized spacial score (nSPS) is 21.2. The standard InChI is InChI=1S/C44H54N4O2/c1-35(37-19-7-3-8-20-37)47-31-17-29-45(43(49)33-41(47)39-23-11-5-12-24-39)27-15-16-28-46-30-18-32-48(36(2)38-21-9-4-10-22-38)42(34-44(46)50)40-25-13-6-14-26-40/h3-14,19-26,35-36,41-42H,15-18,27-34H2,1-2H3/t35-,36-,41+,42+/m1/s1. The maximum Gasteiger partial charge on any atom is 0.224 e. The van der Waals surface area contributed by atoms with Crippen LogP contribution in [-0.4, -0.2) is 70.7 Å². The average molecular weight is 671 g/mol. The predicted molar refractivity (Wildman–Crippen MR) is 202 cm³/mol. The molecule has 2 aliphatic heterocycles. The summed E-state index contributed by atoms with van der Waals surface area (Å²) < 4.78 is 0. The van der Waals surface area contributed by atoms with Gasteiger partial charge in [-0.05, 0) is 61.8 Å². The van der Waals surface area contributed by atoms with E-state index < -0.39 is 0 Å². The largest absolute Gasteiger partial charge is 0.343 e. The minimum absolute atomic E-state index is 0.0297. The van der Waals surface area contributed by atoms with Crippen molar-refractivity contribution in [2.45, 2.75) is 76.5 Å². The first-order chi connectivity index (χ1) is 24.5. The maximum atomic E-state index is 13.9. The summed E-state index contributed by atoms with van der Waals surface area (Å²) in [6.07, 6.45) is 4.63. The van der Waals surface area contributed by atoms with E-state index in [9.17, 15) is 9.59 Å². The van der Waals surface area contributed by atoms with E-state index in [1.54, 1.807) is 0 Å². The first-order valence-corrected chi connectivity index (χ1v) is 18.8. The molecule has 2 amide bonds. The van der Waals surface area contributed by atoms with Gasteiger partial charge in [0.05, 0.1) is 0 Å². The van der Waals surface area contributed by atoms with E-state index in [2.05, 4.69) is 143 Å². The fourth-order valence-corrected chi connectivity index (χ4v) is 8.09. The summed E-state index contributed by atoms with van der Waals surface area (Å²) in [5, 5.41) is 0. The Bertz CT molecular complexity index is 1490. The number of carbonyl (C=O) groups is 2. The van der Waals surface area contributed by atoms with Crippen molar-refractivity contribution < 1.29 is 9.59 Å². The second kappa shape index (κ2) is 17.6. The van der Waals surface area contributed by atoms with Gasteiger partial charge in [-0.1, -0.05) is 121 Å². The van der Waals surface area contributed by atoms with Crippen molar-refractivity contribution in [3.05, 3.63) is 144 Å². The molecule has 6 nitrogen and oxygen atoms in total. The van der Waals surface area contributed by atoms with E-state index in [0.717, 1.165) is 65.0 Å². The summed E-state index contributed by atoms with van der Waals surface area (Å²) in [6, 6.07) is 42.9. The Hall–Kier alpha value is -4.26. The van der Waals surface area contributed by atoms with E-state index in [4.69, 9.17) is 0 Å². The highest BCUT2D eigenvalue weighted by Gasteiger charge is 2.33. The number of hydrogen-bond donors (Lipinski definition) is 0. The number of amides is 2. The van der Waals surface area contributed by atoms with Crippen LogP contribution in [-0.2, 0) is 9.59 Å². The van der Waals surface area contributed by atoms with Crippen LogP contribution in [0.5, 0.6) is 0 Å². The molecular weight excluding hydrogens is 617 g/mol. The third-order valence-corrected chi connectivity index (χ3v) is 11.0. The third kappa shape index (κ3) is 8.90. The molecule has 6 heteroatoms. The molecule has 0 unspecified atom stereocenters. The second-order valence-corrected chi connectivity index (χ2v) is 14.1. The molecule has 0 N–H and O–H groups in total. The molecule has 2 saturated heterocycles. The fraction of sp³-hybridized carbons (Fsp3) is 0.409. The Balaban J connectivity index is 1.07. The van der Waals surface area contributed by atoms with Crippen LogP contribution in [0.25, 0.3) is 0 Å². The van der Waals surface area contributed by atoms with Crippen LogP contribution >= 0.6 is 0 Å². The number of hydrogen-bond acceptors (Lipinski definition) is 4. The van der Waals surface area contributed by atoms with E-state index in [0.29, 0.717) is 12.8 Å². The highest BCUT2D eigenvalue weighted by atomic mass is 16.2. The van der Waals surface area contributed by atoms with E-state index >= 15 is 0 Å². The zero-order chi connectivity index (χ0) is 34.7. The van der Waals surface area contributed by atoms with Crippen molar-refractivity contribution >= 4 is 11.8 Å². The highest BCUT2D eigenvalue weighted by molar-refractivity contribution is 5.78. The van der Waals surface area contributed by atoms with Crippen molar-refractivity contribution in [2.24, 2.45) is 0 Å². The van der Waals surface area contributed by atoms with Crippen molar-refractivity contribution in [2.75, 3.05) is 39.3 Å². The van der Waals surface area contributed by atoms with Crippen LogP contribution in [0.15, 0.2) is 121 Å². The van der Waals surface area contributed by atoms with E-state index in [1.807, 2.05) is 12.1 Å². The minimum Gasteiger partial charge on any atom is -0.343 e. The van der Waals surface area contributed by atoms with Crippen LogP contribution in [0.2, 0.25) is 0 Å². The average Bonchev–Trinajstić information content (AvgIpc) is 3.16. The van der Waals surface area contributed by atoms with Crippen molar-refractivity contribution in [3.63, 3.8) is 0 Å². The molecule has 0 aromatic heterocycles. The van der Waals surface area contributed by atoms with Gasteiger partial charge in [0.25, 0.3) is 0 Å². The lowest BCUT2D eigenvalue weighted by Gasteiger charge is -2.40.